The first kappa shape index (κ1) is 18.0. The molecule has 0 heterocycles. The summed E-state index contributed by atoms with van der Waals surface area (Å²) in [5, 5.41) is 9.54. The third-order valence-electron chi connectivity index (χ3n) is 3.50. The van der Waals surface area contributed by atoms with Crippen LogP contribution in [0.4, 0.5) is 0 Å². The highest BCUT2D eigenvalue weighted by Crippen LogP contribution is 2.31. The van der Waals surface area contributed by atoms with Gasteiger partial charge in [0.05, 0.1) is 12.5 Å². The van der Waals surface area contributed by atoms with Gasteiger partial charge >= 0.3 is 0 Å². The second-order valence-electron chi connectivity index (χ2n) is 6.83. The molecule has 1 aromatic rings. The molecule has 22 heavy (non-hydrogen) atoms. The van der Waals surface area contributed by atoms with Crippen molar-refractivity contribution in [1.29, 1.82) is 0 Å². The average molecular weight is 304 g/mol. The van der Waals surface area contributed by atoms with Crippen LogP contribution in [0.25, 0.3) is 6.08 Å². The van der Waals surface area contributed by atoms with Gasteiger partial charge in [0.25, 0.3) is 0 Å². The van der Waals surface area contributed by atoms with E-state index >= 15 is 0 Å². The van der Waals surface area contributed by atoms with Gasteiger partial charge in [0.1, 0.15) is 0 Å². The summed E-state index contributed by atoms with van der Waals surface area (Å²) >= 11 is 0. The van der Waals surface area contributed by atoms with Gasteiger partial charge in [-0.25, -0.2) is 0 Å². The van der Waals surface area contributed by atoms with Crippen molar-refractivity contribution in [2.45, 2.75) is 34.6 Å². The minimum absolute atomic E-state index is 0.0363. The van der Waals surface area contributed by atoms with Crippen LogP contribution in [0.2, 0.25) is 0 Å². The van der Waals surface area contributed by atoms with E-state index in [1.165, 1.54) is 19.3 Å². The predicted octanol–water partition coefficient (Wildman–Crippen LogP) is 3.62. The monoisotopic (exact) mass is 304 g/mol. The third-order valence-corrected chi connectivity index (χ3v) is 3.50. The largest absolute Gasteiger partial charge is 0.504 e. The number of phenols is 1. The molecule has 0 atom stereocenters. The van der Waals surface area contributed by atoms with Crippen LogP contribution in [-0.4, -0.2) is 23.8 Å². The lowest BCUT2D eigenvalue weighted by Crippen LogP contribution is -2.40. The standard InChI is InChI=1S/C18H24O4/c1-17(2,3)16(21)18(4,5)15(20)10-8-12-7-9-13(19)14(11-12)22-6/h7-11,19H,1-6H3. The Bertz CT molecular complexity index is 604. The molecule has 0 unspecified atom stereocenters. The van der Waals surface area contributed by atoms with Gasteiger partial charge < -0.3 is 9.84 Å². The normalized spacial score (nSPS) is 12.5. The Kier molecular flexibility index (Phi) is 5.17. The molecule has 1 N–H and O–H groups in total. The number of carbonyl (C=O) groups is 2. The molecular weight excluding hydrogens is 280 g/mol. The quantitative estimate of drug-likeness (QED) is 0.666. The lowest BCUT2D eigenvalue weighted by atomic mass is 9.72. The molecule has 0 amide bonds. The van der Waals surface area contributed by atoms with Crippen LogP contribution < -0.4 is 4.74 Å². The Morgan fingerprint density at radius 3 is 2.23 bits per heavy atom. The van der Waals surface area contributed by atoms with Crippen LogP contribution >= 0.6 is 0 Å². The van der Waals surface area contributed by atoms with E-state index in [2.05, 4.69) is 0 Å². The molecule has 4 nitrogen and oxygen atoms in total. The lowest BCUT2D eigenvalue weighted by Gasteiger charge is -2.28. The highest BCUT2D eigenvalue weighted by atomic mass is 16.5. The van der Waals surface area contributed by atoms with Crippen molar-refractivity contribution in [2.24, 2.45) is 10.8 Å². The van der Waals surface area contributed by atoms with E-state index in [9.17, 15) is 14.7 Å². The number of ketones is 2. The topological polar surface area (TPSA) is 63.6 Å². The van der Waals surface area contributed by atoms with Gasteiger partial charge in [-0.3, -0.25) is 9.59 Å². The van der Waals surface area contributed by atoms with Crippen LogP contribution in [0.15, 0.2) is 24.3 Å². The van der Waals surface area contributed by atoms with Crippen LogP contribution in [-0.2, 0) is 9.59 Å². The zero-order chi connectivity index (χ0) is 17.1. The molecule has 4 heteroatoms. The average Bonchev–Trinajstić information content (AvgIpc) is 2.44. The molecule has 0 aromatic heterocycles. The molecule has 0 bridgehead atoms. The summed E-state index contributed by atoms with van der Waals surface area (Å²) in [5.41, 5.74) is -0.938. The summed E-state index contributed by atoms with van der Waals surface area (Å²) in [6, 6.07) is 4.78. The number of Topliss-reactive ketones (excluding diaryl/α,β-unsaturated/α-hetero) is 1. The molecule has 0 aliphatic carbocycles. The maximum Gasteiger partial charge on any atom is 0.168 e. The van der Waals surface area contributed by atoms with Crippen molar-refractivity contribution >= 4 is 17.6 Å². The van der Waals surface area contributed by atoms with Crippen LogP contribution in [0.1, 0.15) is 40.2 Å². The summed E-state index contributed by atoms with van der Waals surface area (Å²) in [4.78, 5) is 24.7. The number of ether oxygens (including phenoxy) is 1. The maximum absolute atomic E-state index is 12.4. The van der Waals surface area contributed by atoms with Crippen molar-refractivity contribution in [3.8, 4) is 11.5 Å². The van der Waals surface area contributed by atoms with Gasteiger partial charge in [0, 0.05) is 5.41 Å². The highest BCUT2D eigenvalue weighted by Gasteiger charge is 2.40. The van der Waals surface area contributed by atoms with E-state index in [-0.39, 0.29) is 17.3 Å². The summed E-state index contributed by atoms with van der Waals surface area (Å²) in [5.74, 6) is 0.0197. The van der Waals surface area contributed by atoms with Crippen molar-refractivity contribution in [3.05, 3.63) is 29.8 Å². The number of phenolic OH excluding ortho intramolecular Hbond substituents is 1. The number of hydrogen-bond donors (Lipinski definition) is 1. The van der Waals surface area contributed by atoms with Crippen molar-refractivity contribution in [1.82, 2.24) is 0 Å². The predicted molar refractivity (Wildman–Crippen MR) is 86.9 cm³/mol. The first-order valence-corrected chi connectivity index (χ1v) is 7.14. The fourth-order valence-corrected chi connectivity index (χ4v) is 2.23. The molecule has 0 saturated carbocycles. The zero-order valence-electron chi connectivity index (χ0n) is 14.1. The second kappa shape index (κ2) is 6.34. The number of benzene rings is 1. The molecule has 0 spiro atoms. The molecule has 1 rings (SSSR count). The van der Waals surface area contributed by atoms with Crippen molar-refractivity contribution < 1.29 is 19.4 Å². The number of allylic oxidation sites excluding steroid dienone is 1. The smallest absolute Gasteiger partial charge is 0.168 e. The van der Waals surface area contributed by atoms with Gasteiger partial charge in [-0.1, -0.05) is 32.9 Å². The van der Waals surface area contributed by atoms with Gasteiger partial charge in [-0.2, -0.15) is 0 Å². The Morgan fingerprint density at radius 2 is 1.73 bits per heavy atom. The highest BCUT2D eigenvalue weighted by molar-refractivity contribution is 6.13. The Labute approximate surface area is 131 Å². The Hall–Kier alpha value is -2.10. The van der Waals surface area contributed by atoms with Gasteiger partial charge in [-0.15, -0.1) is 0 Å². The Morgan fingerprint density at radius 1 is 1.14 bits per heavy atom. The van der Waals surface area contributed by atoms with Crippen LogP contribution in [0, 0.1) is 10.8 Å². The Balaban J connectivity index is 2.99. The number of hydrogen-bond acceptors (Lipinski definition) is 4. The summed E-state index contributed by atoms with van der Waals surface area (Å²) in [6.45, 7) is 8.70. The molecule has 0 aliphatic rings. The van der Waals surface area contributed by atoms with E-state index in [1.54, 1.807) is 52.8 Å². The number of rotatable bonds is 5. The number of carbonyl (C=O) groups excluding carboxylic acids is 2. The molecule has 120 valence electrons. The third kappa shape index (κ3) is 3.97. The van der Waals surface area contributed by atoms with E-state index in [4.69, 9.17) is 4.74 Å². The van der Waals surface area contributed by atoms with Gasteiger partial charge in [0.15, 0.2) is 23.1 Å². The minimum atomic E-state index is -1.07. The molecule has 0 saturated heterocycles. The zero-order valence-corrected chi connectivity index (χ0v) is 14.1. The van der Waals surface area contributed by atoms with E-state index < -0.39 is 10.8 Å². The van der Waals surface area contributed by atoms with Crippen LogP contribution in [0.5, 0.6) is 11.5 Å². The van der Waals surface area contributed by atoms with Crippen molar-refractivity contribution in [2.75, 3.05) is 7.11 Å². The summed E-state index contributed by atoms with van der Waals surface area (Å²) < 4.78 is 5.02. The fraction of sp³-hybridized carbons (Fsp3) is 0.444. The first-order valence-electron chi connectivity index (χ1n) is 7.14. The minimum Gasteiger partial charge on any atom is -0.504 e. The van der Waals surface area contributed by atoms with E-state index in [1.807, 2.05) is 0 Å². The molecule has 1 aromatic carbocycles. The second-order valence-corrected chi connectivity index (χ2v) is 6.83. The maximum atomic E-state index is 12.4. The van der Waals surface area contributed by atoms with Gasteiger partial charge in [-0.05, 0) is 37.6 Å². The summed E-state index contributed by atoms with van der Waals surface area (Å²) in [6.07, 6.45) is 3.01. The lowest BCUT2D eigenvalue weighted by molar-refractivity contribution is -0.141. The number of methoxy groups -OCH3 is 1. The van der Waals surface area contributed by atoms with Gasteiger partial charge in [0.2, 0.25) is 0 Å². The molecular formula is C18H24O4. The van der Waals surface area contributed by atoms with E-state index in [0.29, 0.717) is 11.3 Å². The molecule has 0 aliphatic heterocycles. The fourth-order valence-electron chi connectivity index (χ4n) is 2.23. The summed E-state index contributed by atoms with van der Waals surface area (Å²) in [7, 11) is 1.46. The SMILES string of the molecule is COc1cc(C=CC(=O)C(C)(C)C(=O)C(C)(C)C)ccc1O. The number of aromatic hydroxyl groups is 1. The van der Waals surface area contributed by atoms with E-state index in [0.717, 1.165) is 0 Å². The van der Waals surface area contributed by atoms with Crippen LogP contribution in [0.3, 0.4) is 0 Å². The molecule has 0 fully saturated rings. The molecule has 0 radical (unpaired) electrons. The first-order chi connectivity index (χ1) is 10.00. The van der Waals surface area contributed by atoms with Crippen molar-refractivity contribution in [3.63, 3.8) is 0 Å².